The van der Waals surface area contributed by atoms with Gasteiger partial charge in [0.05, 0.1) is 31.6 Å². The second-order valence-corrected chi connectivity index (χ2v) is 7.10. The van der Waals surface area contributed by atoms with Crippen LogP contribution in [0.15, 0.2) is 53.8 Å². The average Bonchev–Trinajstić information content (AvgIpc) is 3.31. The van der Waals surface area contributed by atoms with Crippen molar-refractivity contribution in [1.29, 1.82) is 0 Å². The van der Waals surface area contributed by atoms with Crippen molar-refractivity contribution in [3.8, 4) is 5.75 Å². The van der Waals surface area contributed by atoms with E-state index in [4.69, 9.17) is 4.74 Å². The van der Waals surface area contributed by atoms with Crippen LogP contribution in [-0.2, 0) is 4.79 Å². The van der Waals surface area contributed by atoms with E-state index < -0.39 is 0 Å². The van der Waals surface area contributed by atoms with E-state index in [1.807, 2.05) is 18.2 Å². The van der Waals surface area contributed by atoms with E-state index in [9.17, 15) is 4.79 Å². The molecule has 160 valence electrons. The molecule has 0 radical (unpaired) electrons. The summed E-state index contributed by atoms with van der Waals surface area (Å²) in [5.41, 5.74) is 1.82. The van der Waals surface area contributed by atoms with Gasteiger partial charge in [-0.3, -0.25) is 19.7 Å². The van der Waals surface area contributed by atoms with E-state index in [-0.39, 0.29) is 18.5 Å². The first kappa shape index (κ1) is 21.6. The van der Waals surface area contributed by atoms with Crippen LogP contribution in [0.1, 0.15) is 24.4 Å². The number of aliphatic imine (C=N–C) groups is 1. The van der Waals surface area contributed by atoms with Crippen LogP contribution in [0, 0.1) is 0 Å². The monoisotopic (exact) mass is 410 g/mol. The van der Waals surface area contributed by atoms with Gasteiger partial charge in [0, 0.05) is 25.4 Å². The minimum Gasteiger partial charge on any atom is -0.496 e. The first-order chi connectivity index (χ1) is 14.7. The zero-order valence-corrected chi connectivity index (χ0v) is 17.6. The Balaban J connectivity index is 1.58. The van der Waals surface area contributed by atoms with E-state index in [0.717, 1.165) is 24.4 Å². The maximum atomic E-state index is 12.2. The van der Waals surface area contributed by atoms with Crippen LogP contribution in [0.4, 0.5) is 5.69 Å². The van der Waals surface area contributed by atoms with Gasteiger partial charge in [0.15, 0.2) is 5.96 Å². The second-order valence-electron chi connectivity index (χ2n) is 7.10. The van der Waals surface area contributed by atoms with Crippen molar-refractivity contribution in [2.45, 2.75) is 18.9 Å². The smallest absolute Gasteiger partial charge is 0.243 e. The van der Waals surface area contributed by atoms with Gasteiger partial charge in [-0.2, -0.15) is 0 Å². The van der Waals surface area contributed by atoms with Gasteiger partial charge in [0.1, 0.15) is 5.75 Å². The Morgan fingerprint density at radius 3 is 2.70 bits per heavy atom. The van der Waals surface area contributed by atoms with Gasteiger partial charge in [0.25, 0.3) is 0 Å². The number of amides is 1. The van der Waals surface area contributed by atoms with Gasteiger partial charge in [-0.1, -0.05) is 18.2 Å². The number of rotatable bonds is 8. The molecule has 1 aliphatic rings. The Morgan fingerprint density at radius 1 is 1.20 bits per heavy atom. The molecule has 1 saturated heterocycles. The number of hydrogen-bond donors (Lipinski definition) is 3. The highest BCUT2D eigenvalue weighted by atomic mass is 16.5. The molecule has 1 atom stereocenters. The zero-order valence-electron chi connectivity index (χ0n) is 17.6. The Hall–Kier alpha value is -3.13. The van der Waals surface area contributed by atoms with Crippen LogP contribution in [-0.4, -0.2) is 62.1 Å². The number of carbonyl (C=O) groups is 1. The van der Waals surface area contributed by atoms with Crippen LogP contribution < -0.4 is 20.7 Å². The molecule has 30 heavy (non-hydrogen) atoms. The topological polar surface area (TPSA) is 90.9 Å². The second kappa shape index (κ2) is 11.2. The molecular weight excluding hydrogens is 380 g/mol. The van der Waals surface area contributed by atoms with Gasteiger partial charge >= 0.3 is 0 Å². The molecule has 1 unspecified atom stereocenters. The number of para-hydroxylation sites is 1. The minimum absolute atomic E-state index is 0.109. The fourth-order valence-electron chi connectivity index (χ4n) is 3.65. The summed E-state index contributed by atoms with van der Waals surface area (Å²) >= 11 is 0. The molecule has 1 aromatic carbocycles. The molecule has 0 aliphatic carbocycles. The molecule has 3 rings (SSSR count). The summed E-state index contributed by atoms with van der Waals surface area (Å²) in [6.45, 7) is 2.88. The minimum atomic E-state index is -0.160. The lowest BCUT2D eigenvalue weighted by Gasteiger charge is -2.30. The van der Waals surface area contributed by atoms with Crippen molar-refractivity contribution in [1.82, 2.24) is 20.5 Å². The predicted octanol–water partition coefficient (Wildman–Crippen LogP) is 2.03. The highest BCUT2D eigenvalue weighted by Crippen LogP contribution is 2.31. The third-order valence-corrected chi connectivity index (χ3v) is 5.13. The van der Waals surface area contributed by atoms with Crippen LogP contribution >= 0.6 is 0 Å². The van der Waals surface area contributed by atoms with Gasteiger partial charge in [-0.15, -0.1) is 0 Å². The summed E-state index contributed by atoms with van der Waals surface area (Å²) in [4.78, 5) is 22.9. The molecule has 0 saturated carbocycles. The quantitative estimate of drug-likeness (QED) is 0.456. The number of ether oxygens (including phenoxy) is 1. The Morgan fingerprint density at radius 2 is 2.00 bits per heavy atom. The number of benzene rings is 1. The van der Waals surface area contributed by atoms with Crippen LogP contribution in [0.25, 0.3) is 0 Å². The molecule has 0 spiro atoms. The third kappa shape index (κ3) is 5.93. The predicted molar refractivity (Wildman–Crippen MR) is 119 cm³/mol. The van der Waals surface area contributed by atoms with Crippen molar-refractivity contribution in [3.05, 3.63) is 54.4 Å². The number of nitrogens with one attached hydrogen (secondary N) is 3. The molecule has 2 aromatic rings. The summed E-state index contributed by atoms with van der Waals surface area (Å²) in [5.74, 6) is 1.30. The van der Waals surface area contributed by atoms with E-state index in [1.165, 1.54) is 12.8 Å². The van der Waals surface area contributed by atoms with Crippen molar-refractivity contribution in [2.24, 2.45) is 4.99 Å². The van der Waals surface area contributed by atoms with Crippen LogP contribution in [0.5, 0.6) is 5.75 Å². The van der Waals surface area contributed by atoms with Gasteiger partial charge < -0.3 is 20.7 Å². The van der Waals surface area contributed by atoms with Gasteiger partial charge in [0.2, 0.25) is 5.91 Å². The van der Waals surface area contributed by atoms with Gasteiger partial charge in [-0.25, -0.2) is 0 Å². The third-order valence-electron chi connectivity index (χ3n) is 5.13. The Bertz CT molecular complexity index is 837. The van der Waals surface area contributed by atoms with Crippen LogP contribution in [0.2, 0.25) is 0 Å². The fraction of sp³-hybridized carbons (Fsp3) is 0.409. The normalized spacial score (nSPS) is 15.5. The molecule has 1 amide bonds. The summed E-state index contributed by atoms with van der Waals surface area (Å²) in [5, 5.41) is 9.24. The summed E-state index contributed by atoms with van der Waals surface area (Å²) in [6.07, 6.45) is 5.68. The highest BCUT2D eigenvalue weighted by Gasteiger charge is 2.26. The maximum absolute atomic E-state index is 12.2. The summed E-state index contributed by atoms with van der Waals surface area (Å²) in [6, 6.07) is 11.9. The largest absolute Gasteiger partial charge is 0.496 e. The number of likely N-dealkylation sites (tertiary alicyclic amines) is 1. The number of hydrogen-bond acceptors (Lipinski definition) is 5. The molecule has 8 heteroatoms. The molecule has 3 N–H and O–H groups in total. The van der Waals surface area contributed by atoms with E-state index in [1.54, 1.807) is 38.7 Å². The molecule has 2 heterocycles. The molecular formula is C22H30N6O2. The van der Waals surface area contributed by atoms with Crippen molar-refractivity contribution < 1.29 is 9.53 Å². The maximum Gasteiger partial charge on any atom is 0.243 e. The number of pyridine rings is 1. The zero-order chi connectivity index (χ0) is 21.2. The van der Waals surface area contributed by atoms with Crippen LogP contribution in [0.3, 0.4) is 0 Å². The SMILES string of the molecule is CN=C(NCC(=O)Nc1cccnc1)NCC(c1ccccc1OC)N1CCCC1. The van der Waals surface area contributed by atoms with E-state index in [2.05, 4.69) is 36.9 Å². The van der Waals surface area contributed by atoms with Crippen molar-refractivity contribution in [2.75, 3.05) is 45.7 Å². The Kier molecular flexibility index (Phi) is 8.02. The fourth-order valence-corrected chi connectivity index (χ4v) is 3.65. The average molecular weight is 411 g/mol. The molecule has 8 nitrogen and oxygen atoms in total. The first-order valence-corrected chi connectivity index (χ1v) is 10.2. The van der Waals surface area contributed by atoms with E-state index in [0.29, 0.717) is 18.2 Å². The standard InChI is InChI=1S/C22H30N6O2/c1-23-22(26-16-21(29)27-17-8-7-11-24-14-17)25-15-19(28-12-5-6-13-28)18-9-3-4-10-20(18)30-2/h3-4,7-11,14,19H,5-6,12-13,15-16H2,1-2H3,(H,27,29)(H2,23,25,26). The van der Waals surface area contributed by atoms with E-state index >= 15 is 0 Å². The molecule has 1 aliphatic heterocycles. The number of anilines is 1. The number of guanidine groups is 1. The molecule has 0 bridgehead atoms. The number of nitrogens with zero attached hydrogens (tertiary/aromatic N) is 3. The van der Waals surface area contributed by atoms with Gasteiger partial charge in [-0.05, 0) is 44.1 Å². The summed E-state index contributed by atoms with van der Waals surface area (Å²) in [7, 11) is 3.40. The number of carbonyl (C=O) groups excluding carboxylic acids is 1. The van der Waals surface area contributed by atoms with Crippen molar-refractivity contribution in [3.63, 3.8) is 0 Å². The number of aromatic nitrogens is 1. The molecule has 1 fully saturated rings. The number of methoxy groups -OCH3 is 1. The molecule has 1 aromatic heterocycles. The lowest BCUT2D eigenvalue weighted by Crippen LogP contribution is -2.45. The Labute approximate surface area is 177 Å². The summed E-state index contributed by atoms with van der Waals surface area (Å²) < 4.78 is 5.60. The highest BCUT2D eigenvalue weighted by molar-refractivity contribution is 5.94. The lowest BCUT2D eigenvalue weighted by atomic mass is 10.0. The van der Waals surface area contributed by atoms with Crippen molar-refractivity contribution >= 4 is 17.6 Å². The first-order valence-electron chi connectivity index (χ1n) is 10.2. The lowest BCUT2D eigenvalue weighted by molar-refractivity contribution is -0.115.